The minimum atomic E-state index is -3.54. The van der Waals surface area contributed by atoms with E-state index in [9.17, 15) is 9.67 Å². The molecule has 0 aliphatic heterocycles. The Bertz CT molecular complexity index is 972. The third-order valence-electron chi connectivity index (χ3n) is 4.29. The number of benzene rings is 3. The molecule has 0 spiro atoms. The van der Waals surface area contributed by atoms with Gasteiger partial charge in [0, 0.05) is 15.5 Å². The standard InChI is InChI=1S/C23H26NO4PS/c1-3-27-29(26,28-4-2)23(18-14-16-19(25)17-15-18)24-21-12-8-9-13-22(21)30-20-10-6-5-7-11-20/h5-17,23-25H,3-4H2,1-2H3. The van der Waals surface area contributed by atoms with E-state index >= 15 is 0 Å². The SMILES string of the molecule is CCOP(=O)(OCC)C(Nc1ccccc1Sc1ccccc1)c1ccc(O)cc1. The van der Waals surface area contributed by atoms with Crippen molar-refractivity contribution < 1.29 is 18.7 Å². The van der Waals surface area contributed by atoms with Crippen LogP contribution < -0.4 is 5.32 Å². The Morgan fingerprint density at radius 1 is 0.900 bits per heavy atom. The molecular formula is C23H26NO4PS. The summed E-state index contributed by atoms with van der Waals surface area (Å²) in [5.74, 6) is -0.587. The fourth-order valence-corrected chi connectivity index (χ4v) is 5.84. The average molecular weight is 444 g/mol. The van der Waals surface area contributed by atoms with Crippen molar-refractivity contribution in [3.05, 3.63) is 84.4 Å². The summed E-state index contributed by atoms with van der Waals surface area (Å²) >= 11 is 1.62. The molecule has 0 fully saturated rings. The van der Waals surface area contributed by atoms with E-state index in [4.69, 9.17) is 9.05 Å². The van der Waals surface area contributed by atoms with Gasteiger partial charge >= 0.3 is 7.60 Å². The first kappa shape index (κ1) is 22.4. The molecule has 1 unspecified atom stereocenters. The molecule has 0 bridgehead atoms. The van der Waals surface area contributed by atoms with Gasteiger partial charge in [-0.05, 0) is 55.8 Å². The molecule has 3 aromatic rings. The van der Waals surface area contributed by atoms with E-state index in [0.717, 1.165) is 15.5 Å². The largest absolute Gasteiger partial charge is 0.508 e. The first-order chi connectivity index (χ1) is 14.6. The van der Waals surface area contributed by atoms with Gasteiger partial charge in [-0.15, -0.1) is 0 Å². The maximum absolute atomic E-state index is 13.7. The number of phenols is 1. The highest BCUT2D eigenvalue weighted by atomic mass is 32.2. The second-order valence-electron chi connectivity index (χ2n) is 6.43. The molecule has 2 N–H and O–H groups in total. The van der Waals surface area contributed by atoms with Gasteiger partial charge in [0.1, 0.15) is 5.75 Å². The molecule has 0 heterocycles. The smallest absolute Gasteiger partial charge is 0.357 e. The molecule has 30 heavy (non-hydrogen) atoms. The Balaban J connectivity index is 1.99. The quantitative estimate of drug-likeness (QED) is 0.332. The first-order valence-corrected chi connectivity index (χ1v) is 12.2. The van der Waals surface area contributed by atoms with E-state index in [1.54, 1.807) is 49.9 Å². The van der Waals surface area contributed by atoms with Gasteiger partial charge in [-0.1, -0.05) is 54.2 Å². The van der Waals surface area contributed by atoms with E-state index in [1.807, 2.05) is 54.6 Å². The number of hydrogen-bond acceptors (Lipinski definition) is 6. The summed E-state index contributed by atoms with van der Waals surface area (Å²) in [6.07, 6.45) is 0. The molecule has 0 amide bonds. The molecule has 0 aliphatic carbocycles. The molecule has 5 nitrogen and oxygen atoms in total. The van der Waals surface area contributed by atoms with Crippen LogP contribution in [0.1, 0.15) is 25.2 Å². The third kappa shape index (κ3) is 5.67. The molecule has 0 saturated heterocycles. The molecule has 7 heteroatoms. The molecule has 1 atom stereocenters. The van der Waals surface area contributed by atoms with Crippen molar-refractivity contribution in [3.8, 4) is 5.75 Å². The highest BCUT2D eigenvalue weighted by molar-refractivity contribution is 7.99. The normalized spacial score (nSPS) is 12.5. The number of phenolic OH excluding ortho intramolecular Hbond substituents is 1. The maximum Gasteiger partial charge on any atom is 0.357 e. The van der Waals surface area contributed by atoms with E-state index in [-0.39, 0.29) is 19.0 Å². The molecule has 158 valence electrons. The van der Waals surface area contributed by atoms with Crippen molar-refractivity contribution in [3.63, 3.8) is 0 Å². The van der Waals surface area contributed by atoms with Gasteiger partial charge < -0.3 is 19.5 Å². The van der Waals surface area contributed by atoms with Gasteiger partial charge in [0.15, 0.2) is 5.78 Å². The number of nitrogens with one attached hydrogen (secondary N) is 1. The average Bonchev–Trinajstić information content (AvgIpc) is 2.75. The molecule has 3 rings (SSSR count). The second kappa shape index (κ2) is 10.7. The lowest BCUT2D eigenvalue weighted by atomic mass is 10.2. The van der Waals surface area contributed by atoms with E-state index in [2.05, 4.69) is 5.32 Å². The highest BCUT2D eigenvalue weighted by Crippen LogP contribution is 2.61. The zero-order valence-electron chi connectivity index (χ0n) is 17.0. The van der Waals surface area contributed by atoms with Crippen molar-refractivity contribution in [2.75, 3.05) is 18.5 Å². The van der Waals surface area contributed by atoms with Gasteiger partial charge in [-0.2, -0.15) is 0 Å². The summed E-state index contributed by atoms with van der Waals surface area (Å²) in [5.41, 5.74) is 1.53. The van der Waals surface area contributed by atoms with Gasteiger partial charge in [-0.3, -0.25) is 4.57 Å². The van der Waals surface area contributed by atoms with Crippen LogP contribution in [0.4, 0.5) is 5.69 Å². The highest BCUT2D eigenvalue weighted by Gasteiger charge is 2.37. The fourth-order valence-electron chi connectivity index (χ4n) is 2.99. The number of rotatable bonds is 10. The van der Waals surface area contributed by atoms with Crippen LogP contribution in [-0.4, -0.2) is 18.3 Å². The Morgan fingerprint density at radius 3 is 2.13 bits per heavy atom. The molecule has 3 aromatic carbocycles. The van der Waals surface area contributed by atoms with Crippen molar-refractivity contribution >= 4 is 25.0 Å². The topological polar surface area (TPSA) is 67.8 Å². The van der Waals surface area contributed by atoms with Crippen LogP contribution in [0, 0.1) is 0 Å². The Hall–Kier alpha value is -2.24. The van der Waals surface area contributed by atoms with E-state index in [1.165, 1.54) is 0 Å². The Kier molecular flexibility index (Phi) is 8.00. The first-order valence-electron chi connectivity index (χ1n) is 9.82. The Morgan fingerprint density at radius 2 is 1.50 bits per heavy atom. The van der Waals surface area contributed by atoms with Crippen molar-refractivity contribution in [2.24, 2.45) is 0 Å². The van der Waals surface area contributed by atoms with Crippen LogP contribution >= 0.6 is 19.4 Å². The third-order valence-corrected chi connectivity index (χ3v) is 7.67. The summed E-state index contributed by atoms with van der Waals surface area (Å²) in [4.78, 5) is 2.10. The van der Waals surface area contributed by atoms with Gasteiger partial charge in [0.25, 0.3) is 0 Å². The predicted molar refractivity (Wildman–Crippen MR) is 122 cm³/mol. The zero-order valence-corrected chi connectivity index (χ0v) is 18.7. The summed E-state index contributed by atoms with van der Waals surface area (Å²) < 4.78 is 25.0. The summed E-state index contributed by atoms with van der Waals surface area (Å²) in [6, 6.07) is 24.5. The van der Waals surface area contributed by atoms with Crippen molar-refractivity contribution in [2.45, 2.75) is 29.4 Å². The number of hydrogen-bond donors (Lipinski definition) is 2. The van der Waals surface area contributed by atoms with Crippen molar-refractivity contribution in [1.82, 2.24) is 0 Å². The summed E-state index contributed by atoms with van der Waals surface area (Å²) in [6.45, 7) is 4.10. The lowest BCUT2D eigenvalue weighted by Crippen LogP contribution is -2.15. The lowest BCUT2D eigenvalue weighted by molar-refractivity contribution is 0.214. The molecule has 0 saturated carbocycles. The fraction of sp³-hybridized carbons (Fsp3) is 0.217. The van der Waals surface area contributed by atoms with E-state index < -0.39 is 13.4 Å². The second-order valence-corrected chi connectivity index (χ2v) is 9.65. The van der Waals surface area contributed by atoms with E-state index in [0.29, 0.717) is 5.56 Å². The lowest BCUT2D eigenvalue weighted by Gasteiger charge is -2.29. The van der Waals surface area contributed by atoms with Gasteiger partial charge in [0.2, 0.25) is 0 Å². The molecule has 0 aliphatic rings. The minimum Gasteiger partial charge on any atom is -0.508 e. The van der Waals surface area contributed by atoms with Crippen LogP contribution in [0.2, 0.25) is 0 Å². The monoisotopic (exact) mass is 443 g/mol. The summed E-state index contributed by atoms with van der Waals surface area (Å²) in [7, 11) is -3.54. The van der Waals surface area contributed by atoms with Crippen LogP contribution in [-0.2, 0) is 13.6 Å². The molecular weight excluding hydrogens is 417 g/mol. The van der Waals surface area contributed by atoms with Gasteiger partial charge in [-0.25, -0.2) is 0 Å². The molecule has 0 radical (unpaired) electrons. The summed E-state index contributed by atoms with van der Waals surface area (Å²) in [5, 5.41) is 13.1. The predicted octanol–water partition coefficient (Wildman–Crippen LogP) is 6.92. The number of aromatic hydroxyl groups is 1. The van der Waals surface area contributed by atoms with Gasteiger partial charge in [0.05, 0.1) is 13.2 Å². The van der Waals surface area contributed by atoms with Crippen LogP contribution in [0.3, 0.4) is 0 Å². The zero-order chi connectivity index (χ0) is 21.4. The van der Waals surface area contributed by atoms with Crippen LogP contribution in [0.15, 0.2) is 88.7 Å². The van der Waals surface area contributed by atoms with Crippen molar-refractivity contribution in [1.29, 1.82) is 0 Å². The maximum atomic E-state index is 13.7. The molecule has 0 aromatic heterocycles. The minimum absolute atomic E-state index is 0.139. The Labute approximate surface area is 182 Å². The van der Waals surface area contributed by atoms with Crippen LogP contribution in [0.5, 0.6) is 5.75 Å². The van der Waals surface area contributed by atoms with Crippen LogP contribution in [0.25, 0.3) is 0 Å². The number of anilines is 1. The number of para-hydroxylation sites is 1.